The lowest BCUT2D eigenvalue weighted by Crippen LogP contribution is -2.17. The zero-order chi connectivity index (χ0) is 13.7. The van der Waals surface area contributed by atoms with Gasteiger partial charge in [0.05, 0.1) is 11.1 Å². The summed E-state index contributed by atoms with van der Waals surface area (Å²) >= 11 is 6.12. The van der Waals surface area contributed by atoms with Gasteiger partial charge in [0.25, 0.3) is 0 Å². The lowest BCUT2D eigenvalue weighted by molar-refractivity contribution is 0.123. The summed E-state index contributed by atoms with van der Waals surface area (Å²) in [5, 5.41) is 4.95. The fourth-order valence-corrected chi connectivity index (χ4v) is 2.32. The molecule has 0 amide bonds. The molecule has 3 nitrogen and oxygen atoms in total. The number of para-hydroxylation sites is 1. The smallest absolute Gasteiger partial charge is 0.152 e. The Morgan fingerprint density at radius 3 is 2.89 bits per heavy atom. The van der Waals surface area contributed by atoms with Crippen LogP contribution in [-0.2, 0) is 4.74 Å². The topological polar surface area (TPSA) is 34.4 Å². The predicted octanol–water partition coefficient (Wildman–Crippen LogP) is 4.16. The van der Waals surface area contributed by atoms with Gasteiger partial charge in [0.15, 0.2) is 5.58 Å². The van der Waals surface area contributed by atoms with E-state index in [4.69, 9.17) is 20.8 Å². The Hall–Kier alpha value is -1.03. The van der Waals surface area contributed by atoms with E-state index in [-0.39, 0.29) is 6.04 Å². The number of benzene rings is 1. The molecule has 1 N–H and O–H groups in total. The van der Waals surface area contributed by atoms with Gasteiger partial charge in [-0.25, -0.2) is 0 Å². The molecule has 0 radical (unpaired) electrons. The number of fused-ring (bicyclic) bond motifs is 1. The third-order valence-corrected chi connectivity index (χ3v) is 3.40. The Bertz CT molecular complexity index is 524. The van der Waals surface area contributed by atoms with Crippen LogP contribution in [0.15, 0.2) is 28.7 Å². The second kappa shape index (κ2) is 6.94. The molecule has 1 unspecified atom stereocenters. The molecule has 4 heteroatoms. The van der Waals surface area contributed by atoms with Gasteiger partial charge < -0.3 is 14.5 Å². The van der Waals surface area contributed by atoms with E-state index in [1.54, 1.807) is 0 Å². The van der Waals surface area contributed by atoms with E-state index < -0.39 is 0 Å². The second-order valence-corrected chi connectivity index (χ2v) is 4.96. The van der Waals surface area contributed by atoms with Gasteiger partial charge in [-0.2, -0.15) is 0 Å². The number of rotatable bonds is 7. The molecule has 0 aliphatic heterocycles. The van der Waals surface area contributed by atoms with Gasteiger partial charge in [-0.05, 0) is 32.0 Å². The molecular formula is C15H20ClNO2. The van der Waals surface area contributed by atoms with Crippen LogP contribution in [0.1, 0.15) is 31.6 Å². The van der Waals surface area contributed by atoms with E-state index in [2.05, 4.69) is 12.2 Å². The first kappa shape index (κ1) is 14.4. The highest BCUT2D eigenvalue weighted by Crippen LogP contribution is 2.30. The highest BCUT2D eigenvalue weighted by Gasteiger charge is 2.15. The average molecular weight is 282 g/mol. The van der Waals surface area contributed by atoms with Gasteiger partial charge in [-0.15, -0.1) is 0 Å². The number of furan rings is 1. The minimum absolute atomic E-state index is 0.153. The molecule has 19 heavy (non-hydrogen) atoms. The number of nitrogens with one attached hydrogen (secondary N) is 1. The molecule has 1 atom stereocenters. The molecule has 0 spiro atoms. The summed E-state index contributed by atoms with van der Waals surface area (Å²) in [6.07, 6.45) is 1.93. The van der Waals surface area contributed by atoms with Gasteiger partial charge in [0, 0.05) is 18.6 Å². The van der Waals surface area contributed by atoms with Crippen LogP contribution in [0.2, 0.25) is 5.02 Å². The Morgan fingerprint density at radius 1 is 1.37 bits per heavy atom. The summed E-state index contributed by atoms with van der Waals surface area (Å²) in [5.74, 6) is 0.908. The average Bonchev–Trinajstić information content (AvgIpc) is 2.84. The van der Waals surface area contributed by atoms with Crippen LogP contribution in [-0.4, -0.2) is 20.3 Å². The van der Waals surface area contributed by atoms with Gasteiger partial charge in [-0.3, -0.25) is 0 Å². The van der Waals surface area contributed by atoms with Crippen molar-refractivity contribution in [3.63, 3.8) is 0 Å². The van der Waals surface area contributed by atoms with Crippen LogP contribution in [0.5, 0.6) is 0 Å². The van der Waals surface area contributed by atoms with E-state index in [1.165, 1.54) is 0 Å². The summed E-state index contributed by atoms with van der Waals surface area (Å²) in [6, 6.07) is 7.98. The first-order chi connectivity index (χ1) is 9.26. The van der Waals surface area contributed by atoms with Crippen LogP contribution in [0, 0.1) is 0 Å². The van der Waals surface area contributed by atoms with Crippen molar-refractivity contribution < 1.29 is 9.15 Å². The van der Waals surface area contributed by atoms with E-state index in [0.717, 1.165) is 42.8 Å². The molecule has 1 aromatic carbocycles. The quantitative estimate of drug-likeness (QED) is 0.774. The summed E-state index contributed by atoms with van der Waals surface area (Å²) < 4.78 is 11.4. The highest BCUT2D eigenvalue weighted by molar-refractivity contribution is 6.34. The SMILES string of the molecule is CCCOCCC(NC)c1cc2cccc(Cl)c2o1. The van der Waals surface area contributed by atoms with Crippen molar-refractivity contribution in [2.75, 3.05) is 20.3 Å². The second-order valence-electron chi connectivity index (χ2n) is 4.55. The third-order valence-electron chi connectivity index (χ3n) is 3.11. The Morgan fingerprint density at radius 2 is 2.21 bits per heavy atom. The first-order valence-electron chi connectivity index (χ1n) is 6.69. The summed E-state index contributed by atoms with van der Waals surface area (Å²) in [4.78, 5) is 0. The molecule has 1 aromatic heterocycles. The van der Waals surface area contributed by atoms with Gasteiger partial charge in [0.2, 0.25) is 0 Å². The van der Waals surface area contributed by atoms with Crippen molar-refractivity contribution >= 4 is 22.6 Å². The zero-order valence-electron chi connectivity index (χ0n) is 11.4. The van der Waals surface area contributed by atoms with Gasteiger partial charge in [-0.1, -0.05) is 30.7 Å². The van der Waals surface area contributed by atoms with Gasteiger partial charge in [0.1, 0.15) is 5.76 Å². The Kier molecular flexibility index (Phi) is 5.25. The minimum atomic E-state index is 0.153. The maximum Gasteiger partial charge on any atom is 0.152 e. The van der Waals surface area contributed by atoms with Crippen LogP contribution in [0.25, 0.3) is 11.0 Å². The summed E-state index contributed by atoms with van der Waals surface area (Å²) in [6.45, 7) is 3.64. The largest absolute Gasteiger partial charge is 0.458 e. The van der Waals surface area contributed by atoms with E-state index in [0.29, 0.717) is 5.02 Å². The van der Waals surface area contributed by atoms with Crippen molar-refractivity contribution in [1.29, 1.82) is 0 Å². The molecule has 0 aliphatic carbocycles. The molecule has 0 fully saturated rings. The van der Waals surface area contributed by atoms with Crippen molar-refractivity contribution in [3.8, 4) is 0 Å². The first-order valence-corrected chi connectivity index (χ1v) is 7.07. The Labute approximate surface area is 118 Å². The fraction of sp³-hybridized carbons (Fsp3) is 0.467. The van der Waals surface area contributed by atoms with Crippen molar-refractivity contribution in [2.24, 2.45) is 0 Å². The maximum absolute atomic E-state index is 6.12. The molecule has 104 valence electrons. The van der Waals surface area contributed by atoms with Crippen LogP contribution in [0.4, 0.5) is 0 Å². The standard InChI is InChI=1S/C15H20ClNO2/c1-3-8-18-9-7-13(17-2)14-10-11-5-4-6-12(16)15(11)19-14/h4-6,10,13,17H,3,7-9H2,1-2H3. The molecular weight excluding hydrogens is 262 g/mol. The lowest BCUT2D eigenvalue weighted by atomic mass is 10.1. The summed E-state index contributed by atoms with van der Waals surface area (Å²) in [5.41, 5.74) is 0.758. The van der Waals surface area contributed by atoms with E-state index >= 15 is 0 Å². The number of hydrogen-bond acceptors (Lipinski definition) is 3. The zero-order valence-corrected chi connectivity index (χ0v) is 12.2. The lowest BCUT2D eigenvalue weighted by Gasteiger charge is -2.13. The number of ether oxygens (including phenoxy) is 1. The molecule has 0 aliphatic rings. The number of halogens is 1. The molecule has 0 saturated carbocycles. The van der Waals surface area contributed by atoms with E-state index in [1.807, 2.05) is 31.3 Å². The monoisotopic (exact) mass is 281 g/mol. The molecule has 2 rings (SSSR count). The summed E-state index contributed by atoms with van der Waals surface area (Å²) in [7, 11) is 1.93. The molecule has 0 saturated heterocycles. The van der Waals surface area contributed by atoms with Crippen LogP contribution < -0.4 is 5.32 Å². The van der Waals surface area contributed by atoms with E-state index in [9.17, 15) is 0 Å². The van der Waals surface area contributed by atoms with Crippen molar-refractivity contribution in [3.05, 3.63) is 35.0 Å². The predicted molar refractivity (Wildman–Crippen MR) is 78.8 cm³/mol. The highest BCUT2D eigenvalue weighted by atomic mass is 35.5. The Balaban J connectivity index is 2.10. The van der Waals surface area contributed by atoms with Crippen molar-refractivity contribution in [2.45, 2.75) is 25.8 Å². The third kappa shape index (κ3) is 3.50. The van der Waals surface area contributed by atoms with Crippen LogP contribution in [0.3, 0.4) is 0 Å². The minimum Gasteiger partial charge on any atom is -0.458 e. The fourth-order valence-electron chi connectivity index (χ4n) is 2.10. The maximum atomic E-state index is 6.12. The number of hydrogen-bond donors (Lipinski definition) is 1. The molecule has 0 bridgehead atoms. The van der Waals surface area contributed by atoms with Crippen molar-refractivity contribution in [1.82, 2.24) is 5.32 Å². The molecule has 2 aromatic rings. The van der Waals surface area contributed by atoms with Crippen LogP contribution >= 0.6 is 11.6 Å². The van der Waals surface area contributed by atoms with Gasteiger partial charge >= 0.3 is 0 Å². The normalized spacial score (nSPS) is 13.0. The molecule has 1 heterocycles.